The summed E-state index contributed by atoms with van der Waals surface area (Å²) in [7, 11) is 0. The van der Waals surface area contributed by atoms with Gasteiger partial charge in [-0.2, -0.15) is 0 Å². The molecular weight excluding hydrogens is 698 g/mol. The minimum absolute atomic E-state index is 0.00706. The van der Waals surface area contributed by atoms with Gasteiger partial charge in [-0.25, -0.2) is 0 Å². The second kappa shape index (κ2) is 21.8. The molecule has 0 aliphatic carbocycles. The van der Waals surface area contributed by atoms with Crippen molar-refractivity contribution in [1.29, 1.82) is 0 Å². The molecular formula is C40H58ClN5O7. The molecule has 13 heteroatoms. The molecule has 2 aromatic rings. The molecule has 0 unspecified atom stereocenters. The smallest absolute Gasteiger partial charge is 0.243 e. The molecule has 3 rings (SSSR count). The number of nitrogens with one attached hydrogen (secondary N) is 4. The first kappa shape index (κ1) is 43.6. The van der Waals surface area contributed by atoms with Gasteiger partial charge in [-0.05, 0) is 55.6 Å². The van der Waals surface area contributed by atoms with Crippen LogP contribution in [0.3, 0.4) is 0 Å². The molecule has 0 radical (unpaired) electrons. The number of benzene rings is 2. The average Bonchev–Trinajstić information content (AvgIpc) is 3.12. The van der Waals surface area contributed by atoms with Crippen LogP contribution < -0.4 is 21.3 Å². The number of halogens is 1. The highest BCUT2D eigenvalue weighted by atomic mass is 35.5. The summed E-state index contributed by atoms with van der Waals surface area (Å²) in [4.78, 5) is 70.4. The third-order valence-corrected chi connectivity index (χ3v) is 9.59. The summed E-state index contributed by atoms with van der Waals surface area (Å²) >= 11 is 5.90. The number of hydrogen-bond donors (Lipinski definition) is 5. The first-order chi connectivity index (χ1) is 25.2. The van der Waals surface area contributed by atoms with E-state index in [1.54, 1.807) is 0 Å². The van der Waals surface area contributed by atoms with Gasteiger partial charge in [0.1, 0.15) is 23.7 Å². The van der Waals surface area contributed by atoms with Crippen molar-refractivity contribution in [2.24, 2.45) is 11.8 Å². The largest absolute Gasteiger partial charge is 0.381 e. The number of ether oxygens (including phenoxy) is 1. The van der Waals surface area contributed by atoms with E-state index >= 15 is 0 Å². The number of aliphatic hydroxyl groups is 1. The fourth-order valence-corrected chi connectivity index (χ4v) is 6.28. The van der Waals surface area contributed by atoms with Crippen molar-refractivity contribution in [3.05, 3.63) is 71.8 Å². The molecule has 2 aromatic carbocycles. The maximum Gasteiger partial charge on any atom is 0.243 e. The number of nitrogens with zero attached hydrogens (tertiary/aromatic N) is 1. The van der Waals surface area contributed by atoms with Gasteiger partial charge in [-0.1, -0.05) is 88.4 Å². The Labute approximate surface area is 319 Å². The Morgan fingerprint density at radius 2 is 1.23 bits per heavy atom. The number of alkyl halides is 1. The number of rotatable bonds is 21. The molecule has 0 aromatic heterocycles. The second-order valence-electron chi connectivity index (χ2n) is 14.9. The number of ketones is 1. The van der Waals surface area contributed by atoms with E-state index in [4.69, 9.17) is 16.3 Å². The van der Waals surface area contributed by atoms with Gasteiger partial charge in [-0.15, -0.1) is 11.6 Å². The van der Waals surface area contributed by atoms with Crippen LogP contribution >= 0.6 is 11.6 Å². The molecule has 0 saturated carbocycles. The maximum absolute atomic E-state index is 14.1. The number of carbonyl (C=O) groups is 5. The SMILES string of the molecule is CC(C)C[C@H](NC(=O)[C@H](CCc1ccccc1)NC(=O)CN1CCOCC1)C(=O)N[C@@H](Cc1ccccc1)C(=O)N[C@@H](CC(C)C)C(=O)[C@](C)(O)CCl. The topological polar surface area (TPSA) is 166 Å². The van der Waals surface area contributed by atoms with E-state index < -0.39 is 53.3 Å². The predicted molar refractivity (Wildman–Crippen MR) is 205 cm³/mol. The number of Topliss-reactive ketones (excluding diaryl/α,β-unsaturated/α-hetero) is 1. The van der Waals surface area contributed by atoms with E-state index in [9.17, 15) is 29.1 Å². The molecule has 1 saturated heterocycles. The normalized spacial score (nSPS) is 16.8. The Morgan fingerprint density at radius 3 is 1.79 bits per heavy atom. The van der Waals surface area contributed by atoms with Crippen LogP contribution in [0.1, 0.15) is 65.0 Å². The van der Waals surface area contributed by atoms with Crippen LogP contribution in [-0.2, 0) is 41.6 Å². The second-order valence-corrected chi connectivity index (χ2v) is 15.2. The molecule has 0 bridgehead atoms. The lowest BCUT2D eigenvalue weighted by Crippen LogP contribution is -2.60. The van der Waals surface area contributed by atoms with Crippen molar-refractivity contribution in [2.75, 3.05) is 38.7 Å². The Bertz CT molecular complexity index is 1470. The van der Waals surface area contributed by atoms with E-state index in [0.717, 1.165) is 11.1 Å². The minimum atomic E-state index is -1.87. The Hall–Kier alpha value is -3.84. The summed E-state index contributed by atoms with van der Waals surface area (Å²) < 4.78 is 5.39. The summed E-state index contributed by atoms with van der Waals surface area (Å²) in [6, 6.07) is 14.6. The molecule has 5 N–H and O–H groups in total. The van der Waals surface area contributed by atoms with Crippen LogP contribution in [0, 0.1) is 11.8 Å². The van der Waals surface area contributed by atoms with Crippen LogP contribution in [0.25, 0.3) is 0 Å². The van der Waals surface area contributed by atoms with Crippen molar-refractivity contribution in [1.82, 2.24) is 26.2 Å². The van der Waals surface area contributed by atoms with Gasteiger partial charge in [-0.3, -0.25) is 28.9 Å². The highest BCUT2D eigenvalue weighted by Gasteiger charge is 2.38. The zero-order chi connectivity index (χ0) is 39.0. The quantitative estimate of drug-likeness (QED) is 0.121. The van der Waals surface area contributed by atoms with Crippen molar-refractivity contribution in [3.63, 3.8) is 0 Å². The molecule has 1 aliphatic heterocycles. The van der Waals surface area contributed by atoms with Gasteiger partial charge < -0.3 is 31.1 Å². The summed E-state index contributed by atoms with van der Waals surface area (Å²) in [5.41, 5.74) is -0.102. The number of hydrogen-bond acceptors (Lipinski definition) is 8. The standard InChI is InChI=1S/C40H58ClN5O7/c1-27(2)22-32(36(48)40(5,52)26-41)43-39(51)34(24-30-14-10-7-11-15-30)45-38(50)33(23-28(3)4)44-37(49)31(17-16-29-12-8-6-9-13-29)42-35(47)25-46-18-20-53-21-19-46/h6-15,27-28,31-34,52H,16-26H2,1-5H3,(H,42,47)(H,43,51)(H,44,49)(H,45,50)/t31-,32-,33-,34-,40+/m0/s1. The first-order valence-corrected chi connectivity index (χ1v) is 19.1. The molecule has 292 valence electrons. The summed E-state index contributed by atoms with van der Waals surface area (Å²) in [6.45, 7) is 11.3. The average molecular weight is 756 g/mol. The zero-order valence-electron chi connectivity index (χ0n) is 31.7. The van der Waals surface area contributed by atoms with Crippen molar-refractivity contribution in [3.8, 4) is 0 Å². The molecule has 4 amide bonds. The Kier molecular flexibility index (Phi) is 17.9. The lowest BCUT2D eigenvalue weighted by atomic mass is 9.90. The number of morpholine rings is 1. The molecule has 1 heterocycles. The number of aryl methyl sites for hydroxylation is 1. The van der Waals surface area contributed by atoms with Gasteiger partial charge in [0.15, 0.2) is 5.78 Å². The third-order valence-electron chi connectivity index (χ3n) is 9.07. The van der Waals surface area contributed by atoms with Gasteiger partial charge in [0, 0.05) is 19.5 Å². The monoisotopic (exact) mass is 755 g/mol. The lowest BCUT2D eigenvalue weighted by molar-refractivity contribution is -0.139. The third kappa shape index (κ3) is 15.2. The molecule has 12 nitrogen and oxygen atoms in total. The molecule has 0 spiro atoms. The summed E-state index contributed by atoms with van der Waals surface area (Å²) in [6.07, 6.45) is 1.43. The highest BCUT2D eigenvalue weighted by Crippen LogP contribution is 2.17. The number of carbonyl (C=O) groups excluding carboxylic acids is 5. The molecule has 1 aliphatic rings. The fourth-order valence-electron chi connectivity index (χ4n) is 6.15. The maximum atomic E-state index is 14.1. The van der Waals surface area contributed by atoms with Gasteiger partial charge >= 0.3 is 0 Å². The van der Waals surface area contributed by atoms with Crippen LogP contribution in [0.5, 0.6) is 0 Å². The predicted octanol–water partition coefficient (Wildman–Crippen LogP) is 2.78. The Morgan fingerprint density at radius 1 is 0.736 bits per heavy atom. The van der Waals surface area contributed by atoms with Gasteiger partial charge in [0.2, 0.25) is 23.6 Å². The molecule has 1 fully saturated rings. The molecule has 5 atom stereocenters. The van der Waals surface area contributed by atoms with Gasteiger partial charge in [0.05, 0.1) is 31.7 Å². The van der Waals surface area contributed by atoms with Gasteiger partial charge in [0.25, 0.3) is 0 Å². The van der Waals surface area contributed by atoms with Crippen LogP contribution in [0.2, 0.25) is 0 Å². The minimum Gasteiger partial charge on any atom is -0.381 e. The van der Waals surface area contributed by atoms with E-state index in [0.29, 0.717) is 39.1 Å². The number of amides is 4. The lowest BCUT2D eigenvalue weighted by Gasteiger charge is -2.30. The van der Waals surface area contributed by atoms with E-state index in [1.807, 2.05) is 93.3 Å². The molecule has 53 heavy (non-hydrogen) atoms. The summed E-state index contributed by atoms with van der Waals surface area (Å²) in [5, 5.41) is 22.1. The van der Waals surface area contributed by atoms with E-state index in [-0.39, 0.29) is 49.4 Å². The fraction of sp³-hybridized carbons (Fsp3) is 0.575. The van der Waals surface area contributed by atoms with Crippen LogP contribution in [0.15, 0.2) is 60.7 Å². The first-order valence-electron chi connectivity index (χ1n) is 18.6. The van der Waals surface area contributed by atoms with Crippen molar-refractivity contribution >= 4 is 41.0 Å². The highest BCUT2D eigenvalue weighted by molar-refractivity contribution is 6.21. The van der Waals surface area contributed by atoms with Crippen molar-refractivity contribution in [2.45, 2.75) is 96.5 Å². The van der Waals surface area contributed by atoms with E-state index in [1.165, 1.54) is 6.92 Å². The van der Waals surface area contributed by atoms with E-state index in [2.05, 4.69) is 21.3 Å². The van der Waals surface area contributed by atoms with Crippen molar-refractivity contribution < 1.29 is 33.8 Å². The summed E-state index contributed by atoms with van der Waals surface area (Å²) in [5.74, 6) is -3.00. The van der Waals surface area contributed by atoms with Crippen LogP contribution in [0.4, 0.5) is 0 Å². The Balaban J connectivity index is 1.84. The van der Waals surface area contributed by atoms with Crippen LogP contribution in [-0.4, -0.2) is 108 Å². The zero-order valence-corrected chi connectivity index (χ0v) is 32.5.